The molecule has 1 aliphatic heterocycles. The molecule has 7 heteroatoms. The van der Waals surface area contributed by atoms with Crippen LogP contribution in [-0.4, -0.2) is 29.4 Å². The molecule has 5 rings (SSSR count). The van der Waals surface area contributed by atoms with Gasteiger partial charge in [-0.05, 0) is 42.7 Å². The Kier molecular flexibility index (Phi) is 3.75. The third kappa shape index (κ3) is 2.49. The van der Waals surface area contributed by atoms with Crippen LogP contribution in [0.25, 0.3) is 10.9 Å². The number of methoxy groups -OCH3 is 1. The van der Waals surface area contributed by atoms with E-state index in [2.05, 4.69) is 4.98 Å². The molecule has 3 aromatic rings. The van der Waals surface area contributed by atoms with Gasteiger partial charge in [-0.2, -0.15) is 0 Å². The summed E-state index contributed by atoms with van der Waals surface area (Å²) in [7, 11) is 1.43. The van der Waals surface area contributed by atoms with Crippen LogP contribution >= 0.6 is 0 Å². The molecule has 2 aliphatic rings. The van der Waals surface area contributed by atoms with E-state index in [1.165, 1.54) is 32.2 Å². The van der Waals surface area contributed by atoms with Crippen molar-refractivity contribution in [2.24, 2.45) is 0 Å². The first-order valence-corrected chi connectivity index (χ1v) is 9.47. The first-order chi connectivity index (χ1) is 13.9. The normalized spacial score (nSPS) is 19.5. The number of aromatic nitrogens is 1. The molecule has 0 bridgehead atoms. The lowest BCUT2D eigenvalue weighted by Crippen LogP contribution is -2.44. The van der Waals surface area contributed by atoms with E-state index in [1.807, 2.05) is 0 Å². The van der Waals surface area contributed by atoms with Gasteiger partial charge in [-0.3, -0.25) is 4.79 Å². The summed E-state index contributed by atoms with van der Waals surface area (Å²) in [5.41, 5.74) is 2.04. The summed E-state index contributed by atoms with van der Waals surface area (Å²) in [5.74, 6) is -2.10. The van der Waals surface area contributed by atoms with Crippen molar-refractivity contribution in [3.8, 4) is 5.75 Å². The molecule has 1 fully saturated rings. The number of carbonyl (C=O) groups excluding carboxylic acids is 1. The minimum atomic E-state index is -0.903. The predicted octanol–water partition coefficient (Wildman–Crippen LogP) is 4.58. The summed E-state index contributed by atoms with van der Waals surface area (Å²) in [6.45, 7) is 1.87. The van der Waals surface area contributed by atoms with Gasteiger partial charge in [0.15, 0.2) is 11.6 Å². The molecular formula is C22H19F3N2O2. The van der Waals surface area contributed by atoms with Crippen LogP contribution < -0.4 is 4.74 Å². The van der Waals surface area contributed by atoms with Crippen molar-refractivity contribution < 1.29 is 22.7 Å². The number of carbonyl (C=O) groups is 1. The van der Waals surface area contributed by atoms with Crippen LogP contribution in [0.4, 0.5) is 13.2 Å². The quantitative estimate of drug-likeness (QED) is 0.685. The molecule has 1 amide bonds. The SMILES string of the molecule is COc1cc(F)ccc1C1c2[nH]c3ccc(F)c(F)c3c2C2(CC2)CN1C(C)=O. The number of hydrogen-bond acceptors (Lipinski definition) is 2. The zero-order chi connectivity index (χ0) is 20.5. The highest BCUT2D eigenvalue weighted by molar-refractivity contribution is 5.89. The van der Waals surface area contributed by atoms with Gasteiger partial charge in [0.2, 0.25) is 5.91 Å². The lowest BCUT2D eigenvalue weighted by molar-refractivity contribution is -0.131. The van der Waals surface area contributed by atoms with Gasteiger partial charge in [-0.15, -0.1) is 0 Å². The molecule has 4 nitrogen and oxygen atoms in total. The first kappa shape index (κ1) is 18.1. The summed E-state index contributed by atoms with van der Waals surface area (Å²) < 4.78 is 48.0. The molecule has 2 aromatic carbocycles. The van der Waals surface area contributed by atoms with Crippen LogP contribution in [0, 0.1) is 17.5 Å². The monoisotopic (exact) mass is 400 g/mol. The fourth-order valence-electron chi connectivity index (χ4n) is 4.74. The summed E-state index contributed by atoms with van der Waals surface area (Å²) in [4.78, 5) is 17.5. The van der Waals surface area contributed by atoms with Gasteiger partial charge in [-0.25, -0.2) is 13.2 Å². The molecule has 2 heterocycles. The van der Waals surface area contributed by atoms with Crippen LogP contribution in [0.15, 0.2) is 30.3 Å². The van der Waals surface area contributed by atoms with E-state index in [4.69, 9.17) is 4.74 Å². The number of hydrogen-bond donors (Lipinski definition) is 1. The minimum Gasteiger partial charge on any atom is -0.496 e. The molecule has 1 aromatic heterocycles. The van der Waals surface area contributed by atoms with Crippen LogP contribution in [0.3, 0.4) is 0 Å². The third-order valence-corrected chi connectivity index (χ3v) is 6.22. The Hall–Kier alpha value is -2.96. The fourth-order valence-corrected chi connectivity index (χ4v) is 4.74. The van der Waals surface area contributed by atoms with E-state index in [9.17, 15) is 18.0 Å². The molecule has 0 radical (unpaired) electrons. The minimum absolute atomic E-state index is 0.149. The second-order valence-corrected chi connectivity index (χ2v) is 7.91. The average molecular weight is 400 g/mol. The van der Waals surface area contributed by atoms with E-state index >= 15 is 0 Å². The highest BCUT2D eigenvalue weighted by Crippen LogP contribution is 2.58. The lowest BCUT2D eigenvalue weighted by Gasteiger charge is -2.40. The fraction of sp³-hybridized carbons (Fsp3) is 0.318. The summed E-state index contributed by atoms with van der Waals surface area (Å²) in [5, 5.41) is 0.242. The topological polar surface area (TPSA) is 45.3 Å². The number of benzene rings is 2. The van der Waals surface area contributed by atoms with E-state index in [1.54, 1.807) is 11.0 Å². The molecule has 1 aliphatic carbocycles. The highest BCUT2D eigenvalue weighted by Gasteiger charge is 2.55. The van der Waals surface area contributed by atoms with Crippen LogP contribution in [0.1, 0.15) is 42.6 Å². The Morgan fingerprint density at radius 3 is 2.62 bits per heavy atom. The molecule has 1 N–H and O–H groups in total. The molecule has 150 valence electrons. The van der Waals surface area contributed by atoms with Gasteiger partial charge in [-0.1, -0.05) is 0 Å². The number of aromatic amines is 1. The number of nitrogens with one attached hydrogen (secondary N) is 1. The average Bonchev–Trinajstić information content (AvgIpc) is 3.34. The van der Waals surface area contributed by atoms with Crippen LogP contribution in [0.5, 0.6) is 5.75 Å². The number of halogens is 3. The second-order valence-electron chi connectivity index (χ2n) is 7.91. The van der Waals surface area contributed by atoms with E-state index in [0.29, 0.717) is 29.1 Å². The van der Waals surface area contributed by atoms with Crippen molar-refractivity contribution >= 4 is 16.8 Å². The van der Waals surface area contributed by atoms with Gasteiger partial charge in [0.1, 0.15) is 17.6 Å². The second kappa shape index (κ2) is 6.02. The Morgan fingerprint density at radius 1 is 1.21 bits per heavy atom. The molecule has 1 saturated carbocycles. The number of H-pyrrole nitrogens is 1. The van der Waals surface area contributed by atoms with Gasteiger partial charge >= 0.3 is 0 Å². The number of fused-ring (bicyclic) bond motifs is 4. The van der Waals surface area contributed by atoms with Crippen LogP contribution in [0.2, 0.25) is 0 Å². The van der Waals surface area contributed by atoms with Crippen molar-refractivity contribution in [1.82, 2.24) is 9.88 Å². The standard InChI is InChI=1S/C22H19F3N2O2/c1-11(28)27-10-22(7-8-22)18-17-15(6-5-14(24)19(17)25)26-20(18)21(27)13-4-3-12(23)9-16(13)29-2/h3-6,9,21,26H,7-8,10H2,1-2H3. The van der Waals surface area contributed by atoms with Crippen molar-refractivity contribution in [2.45, 2.75) is 31.2 Å². The molecule has 1 unspecified atom stereocenters. The number of rotatable bonds is 2. The summed E-state index contributed by atoms with van der Waals surface area (Å²) >= 11 is 0. The predicted molar refractivity (Wildman–Crippen MR) is 101 cm³/mol. The Bertz CT molecular complexity index is 1170. The zero-order valence-corrected chi connectivity index (χ0v) is 16.0. The Morgan fingerprint density at radius 2 is 1.97 bits per heavy atom. The van der Waals surface area contributed by atoms with Crippen LogP contribution in [-0.2, 0) is 10.2 Å². The third-order valence-electron chi connectivity index (χ3n) is 6.22. The van der Waals surface area contributed by atoms with E-state index < -0.39 is 28.9 Å². The maximum absolute atomic E-state index is 14.8. The van der Waals surface area contributed by atoms with Crippen molar-refractivity contribution in [2.75, 3.05) is 13.7 Å². The first-order valence-electron chi connectivity index (χ1n) is 9.47. The molecule has 1 spiro atoms. The molecule has 29 heavy (non-hydrogen) atoms. The van der Waals surface area contributed by atoms with Gasteiger partial charge in [0.05, 0.1) is 7.11 Å². The van der Waals surface area contributed by atoms with Crippen molar-refractivity contribution in [3.05, 3.63) is 64.6 Å². The number of nitrogens with zero attached hydrogens (tertiary/aromatic N) is 1. The smallest absolute Gasteiger partial charge is 0.220 e. The van der Waals surface area contributed by atoms with Crippen molar-refractivity contribution in [1.29, 1.82) is 0 Å². The number of amides is 1. The largest absolute Gasteiger partial charge is 0.496 e. The summed E-state index contributed by atoms with van der Waals surface area (Å²) in [6.07, 6.45) is 1.58. The lowest BCUT2D eigenvalue weighted by atomic mass is 9.83. The molecule has 1 atom stereocenters. The van der Waals surface area contributed by atoms with Gasteiger partial charge in [0.25, 0.3) is 0 Å². The summed E-state index contributed by atoms with van der Waals surface area (Å²) in [6, 6.07) is 6.14. The van der Waals surface area contributed by atoms with Gasteiger partial charge in [0, 0.05) is 47.1 Å². The molecular weight excluding hydrogens is 381 g/mol. The highest BCUT2D eigenvalue weighted by atomic mass is 19.2. The Balaban J connectivity index is 1.84. The molecule has 0 saturated heterocycles. The Labute approximate surface area is 165 Å². The van der Waals surface area contributed by atoms with Crippen molar-refractivity contribution in [3.63, 3.8) is 0 Å². The number of ether oxygens (including phenoxy) is 1. The van der Waals surface area contributed by atoms with Gasteiger partial charge < -0.3 is 14.6 Å². The maximum Gasteiger partial charge on any atom is 0.220 e. The van der Waals surface area contributed by atoms with E-state index in [-0.39, 0.29) is 11.3 Å². The maximum atomic E-state index is 14.8. The van der Waals surface area contributed by atoms with E-state index in [0.717, 1.165) is 24.5 Å². The zero-order valence-electron chi connectivity index (χ0n) is 16.0.